The van der Waals surface area contributed by atoms with Gasteiger partial charge in [-0.1, -0.05) is 48.6 Å². The number of amides is 2. The number of alkyl carbamates (subject to hydrolysis) is 1. The van der Waals surface area contributed by atoms with E-state index in [9.17, 15) is 9.59 Å². The summed E-state index contributed by atoms with van der Waals surface area (Å²) >= 11 is 0. The molecule has 0 radical (unpaired) electrons. The first-order valence-corrected chi connectivity index (χ1v) is 14.8. The van der Waals surface area contributed by atoms with Gasteiger partial charge in [-0.25, -0.2) is 4.79 Å². The van der Waals surface area contributed by atoms with Crippen LogP contribution in [0.5, 0.6) is 11.5 Å². The van der Waals surface area contributed by atoms with Crippen molar-refractivity contribution in [1.29, 1.82) is 0 Å². The van der Waals surface area contributed by atoms with Gasteiger partial charge in [-0.2, -0.15) is 0 Å². The lowest BCUT2D eigenvalue weighted by Crippen LogP contribution is -2.80. The van der Waals surface area contributed by atoms with E-state index in [2.05, 4.69) is 28.4 Å². The number of imide groups is 1. The van der Waals surface area contributed by atoms with Crippen molar-refractivity contribution < 1.29 is 28.5 Å². The molecule has 9 rings (SSSR count). The summed E-state index contributed by atoms with van der Waals surface area (Å²) in [6, 6.07) is 13.9. The Morgan fingerprint density at radius 2 is 1.93 bits per heavy atom. The van der Waals surface area contributed by atoms with Crippen molar-refractivity contribution >= 4 is 12.0 Å². The molecule has 7 aliphatic rings. The first kappa shape index (κ1) is 25.4. The number of rotatable bonds is 7. The maximum Gasteiger partial charge on any atom is 0.414 e. The molecule has 1 N–H and O–H groups in total. The van der Waals surface area contributed by atoms with E-state index in [1.807, 2.05) is 36.4 Å². The third-order valence-corrected chi connectivity index (χ3v) is 11.1. The van der Waals surface area contributed by atoms with E-state index in [4.69, 9.17) is 18.9 Å². The SMILES string of the molecule is COc1ccc2c3c1O[C@@H]1[C@]34CCN(CC3CC3)[C@H](C2)[C@]42C=C[C@@]1(OC)C(C(=O)NC(=O)OCc1ccccc1)C2. The van der Waals surface area contributed by atoms with Gasteiger partial charge in [-0.3, -0.25) is 15.0 Å². The molecule has 0 aromatic heterocycles. The van der Waals surface area contributed by atoms with Crippen LogP contribution in [0.25, 0.3) is 0 Å². The van der Waals surface area contributed by atoms with Gasteiger partial charge < -0.3 is 18.9 Å². The van der Waals surface area contributed by atoms with Gasteiger partial charge in [0.25, 0.3) is 0 Å². The van der Waals surface area contributed by atoms with E-state index in [0.717, 1.165) is 48.9 Å². The number of fused-ring (bicyclic) bond motifs is 1. The van der Waals surface area contributed by atoms with Gasteiger partial charge in [0.15, 0.2) is 11.5 Å². The van der Waals surface area contributed by atoms with E-state index >= 15 is 0 Å². The summed E-state index contributed by atoms with van der Waals surface area (Å²) in [6.07, 6.45) is 8.27. The molecular formula is C33H36N2O6. The molecule has 2 aliphatic heterocycles. The van der Waals surface area contributed by atoms with Crippen LogP contribution in [0.15, 0.2) is 54.6 Å². The third kappa shape index (κ3) is 3.29. The van der Waals surface area contributed by atoms with Crippen LogP contribution in [-0.4, -0.2) is 62.0 Å². The minimum absolute atomic E-state index is 0.0921. The van der Waals surface area contributed by atoms with Crippen molar-refractivity contribution in [1.82, 2.24) is 10.2 Å². The van der Waals surface area contributed by atoms with Crippen LogP contribution >= 0.6 is 0 Å². The highest BCUT2D eigenvalue weighted by Gasteiger charge is 2.80. The number of benzene rings is 2. The summed E-state index contributed by atoms with van der Waals surface area (Å²) < 4.78 is 24.5. The van der Waals surface area contributed by atoms with E-state index < -0.39 is 23.7 Å². The Kier molecular flexibility index (Phi) is 5.46. The second-order valence-corrected chi connectivity index (χ2v) is 12.7. The maximum atomic E-state index is 14.0. The fourth-order valence-corrected chi connectivity index (χ4v) is 9.17. The molecule has 1 unspecified atom stereocenters. The highest BCUT2D eigenvalue weighted by molar-refractivity contribution is 5.94. The average molecular weight is 557 g/mol. The van der Waals surface area contributed by atoms with Crippen molar-refractivity contribution in [2.75, 3.05) is 27.3 Å². The lowest BCUT2D eigenvalue weighted by atomic mass is 9.37. The molecular weight excluding hydrogens is 520 g/mol. The van der Waals surface area contributed by atoms with Gasteiger partial charge in [0, 0.05) is 30.7 Å². The van der Waals surface area contributed by atoms with Gasteiger partial charge in [0.1, 0.15) is 18.3 Å². The second kappa shape index (κ2) is 8.82. The zero-order valence-corrected chi connectivity index (χ0v) is 23.6. The molecule has 2 aromatic rings. The summed E-state index contributed by atoms with van der Waals surface area (Å²) in [4.78, 5) is 29.5. The van der Waals surface area contributed by atoms with Crippen LogP contribution < -0.4 is 14.8 Å². The number of nitrogens with zero attached hydrogens (tertiary/aromatic N) is 1. The van der Waals surface area contributed by atoms with Gasteiger partial charge >= 0.3 is 6.09 Å². The van der Waals surface area contributed by atoms with Crippen LogP contribution in [-0.2, 0) is 32.7 Å². The van der Waals surface area contributed by atoms with Crippen LogP contribution in [0, 0.1) is 17.3 Å². The van der Waals surface area contributed by atoms with Crippen molar-refractivity contribution in [3.8, 4) is 11.5 Å². The quantitative estimate of drug-likeness (QED) is 0.513. The average Bonchev–Trinajstić information content (AvgIpc) is 3.74. The van der Waals surface area contributed by atoms with Gasteiger partial charge in [0.05, 0.1) is 18.4 Å². The highest BCUT2D eigenvalue weighted by atomic mass is 16.6. The molecule has 2 amide bonds. The van der Waals surface area contributed by atoms with Crippen molar-refractivity contribution in [3.63, 3.8) is 0 Å². The zero-order valence-electron chi connectivity index (χ0n) is 23.6. The Balaban J connectivity index is 1.18. The normalized spacial score (nSPS) is 35.4. The van der Waals surface area contributed by atoms with E-state index in [-0.39, 0.29) is 29.4 Å². The minimum Gasteiger partial charge on any atom is -0.493 e. The summed E-state index contributed by atoms with van der Waals surface area (Å²) in [5.74, 6) is 1.27. The molecule has 214 valence electrons. The summed E-state index contributed by atoms with van der Waals surface area (Å²) in [7, 11) is 3.33. The Bertz CT molecular complexity index is 1460. The lowest BCUT2D eigenvalue weighted by molar-refractivity contribution is -0.215. The summed E-state index contributed by atoms with van der Waals surface area (Å²) in [6.45, 7) is 2.18. The molecule has 8 heteroatoms. The Hall–Kier alpha value is -3.36. The number of carbonyl (C=O) groups excluding carboxylic acids is 2. The van der Waals surface area contributed by atoms with Crippen LogP contribution in [0.1, 0.15) is 42.4 Å². The number of nitrogens with one attached hydrogen (secondary N) is 1. The van der Waals surface area contributed by atoms with E-state index in [1.54, 1.807) is 14.2 Å². The number of piperidine rings is 1. The standard InChI is InChI=1S/C33H36N2O6/c1-38-24-11-10-22-16-25-31-12-13-33(39-2,23(17-31)28(36)34-30(37)40-19-21-6-4-3-5-7-21)29-32(31,26(22)27(24)41-29)14-15-35(25)18-20-8-9-20/h3-7,10-13,20,23,25,29H,8-9,14-19H2,1-2H3,(H,34,36,37)/t23?,25-,29-,31-,32+,33-/m1/s1. The first-order chi connectivity index (χ1) is 20.0. The molecule has 3 fully saturated rings. The second-order valence-electron chi connectivity index (χ2n) is 12.7. The molecule has 4 bridgehead atoms. The summed E-state index contributed by atoms with van der Waals surface area (Å²) in [5, 5.41) is 2.55. The number of ether oxygens (including phenoxy) is 4. The molecule has 2 aromatic carbocycles. The number of likely N-dealkylation sites (tertiary alicyclic amines) is 1. The molecule has 6 atom stereocenters. The van der Waals surface area contributed by atoms with Crippen LogP contribution in [0.4, 0.5) is 4.79 Å². The van der Waals surface area contributed by atoms with E-state index in [1.165, 1.54) is 24.0 Å². The number of hydrogen-bond donors (Lipinski definition) is 1. The third-order valence-electron chi connectivity index (χ3n) is 11.1. The topological polar surface area (TPSA) is 86.3 Å². The Morgan fingerprint density at radius 1 is 1.10 bits per heavy atom. The highest BCUT2D eigenvalue weighted by Crippen LogP contribution is 2.74. The van der Waals surface area contributed by atoms with Crippen LogP contribution in [0.2, 0.25) is 0 Å². The number of hydrogen-bond acceptors (Lipinski definition) is 7. The Labute approximate surface area is 240 Å². The predicted octanol–water partition coefficient (Wildman–Crippen LogP) is 4.15. The van der Waals surface area contributed by atoms with Gasteiger partial charge in [0.2, 0.25) is 5.91 Å². The molecule has 8 nitrogen and oxygen atoms in total. The minimum atomic E-state index is -1.03. The van der Waals surface area contributed by atoms with Crippen molar-refractivity contribution in [2.24, 2.45) is 17.3 Å². The Morgan fingerprint density at radius 3 is 2.68 bits per heavy atom. The smallest absolute Gasteiger partial charge is 0.414 e. The summed E-state index contributed by atoms with van der Waals surface area (Å²) in [5.41, 5.74) is 1.73. The monoisotopic (exact) mass is 556 g/mol. The maximum absolute atomic E-state index is 14.0. The lowest BCUT2D eigenvalue weighted by Gasteiger charge is -2.71. The molecule has 2 heterocycles. The first-order valence-electron chi connectivity index (χ1n) is 14.8. The van der Waals surface area contributed by atoms with Crippen molar-refractivity contribution in [2.45, 2.75) is 61.9 Å². The molecule has 2 saturated carbocycles. The zero-order chi connectivity index (χ0) is 28.0. The largest absolute Gasteiger partial charge is 0.493 e. The molecule has 2 spiro atoms. The number of carbonyl (C=O) groups is 2. The fourth-order valence-electron chi connectivity index (χ4n) is 9.17. The van der Waals surface area contributed by atoms with Gasteiger partial charge in [-0.05, 0) is 61.8 Å². The van der Waals surface area contributed by atoms with Crippen molar-refractivity contribution in [3.05, 3.63) is 71.3 Å². The number of methoxy groups -OCH3 is 2. The van der Waals surface area contributed by atoms with Gasteiger partial charge in [-0.15, -0.1) is 0 Å². The molecule has 1 saturated heterocycles. The predicted molar refractivity (Wildman–Crippen MR) is 150 cm³/mol. The van der Waals surface area contributed by atoms with Crippen LogP contribution in [0.3, 0.4) is 0 Å². The fraction of sp³-hybridized carbons (Fsp3) is 0.515. The molecule has 41 heavy (non-hydrogen) atoms. The van der Waals surface area contributed by atoms with E-state index in [0.29, 0.717) is 6.42 Å². The molecule has 5 aliphatic carbocycles.